The fraction of sp³-hybridized carbons (Fsp3) is 0.333. The molecular formula is C21H27NOSi. The van der Waals surface area contributed by atoms with Crippen molar-refractivity contribution in [3.8, 4) is 0 Å². The molecule has 2 N–H and O–H groups in total. The normalized spacial score (nSPS) is 11.2. The van der Waals surface area contributed by atoms with Gasteiger partial charge >= 0.3 is 0 Å². The van der Waals surface area contributed by atoms with Gasteiger partial charge in [-0.3, -0.25) is 4.79 Å². The Morgan fingerprint density at radius 2 is 1.79 bits per heavy atom. The minimum atomic E-state index is -1.42. The highest BCUT2D eigenvalue weighted by atomic mass is 28.3. The predicted octanol–water partition coefficient (Wildman–Crippen LogP) is 5.54. The van der Waals surface area contributed by atoms with E-state index in [1.165, 1.54) is 18.0 Å². The van der Waals surface area contributed by atoms with Gasteiger partial charge in [-0.1, -0.05) is 57.3 Å². The largest absolute Gasteiger partial charge is 0.366 e. The minimum Gasteiger partial charge on any atom is -0.366 e. The molecule has 0 aliphatic heterocycles. The Balaban J connectivity index is 2.58. The Bertz CT molecular complexity index is 808. The van der Waals surface area contributed by atoms with Gasteiger partial charge in [0.1, 0.15) is 0 Å². The second-order valence-electron chi connectivity index (χ2n) is 7.27. The third-order valence-electron chi connectivity index (χ3n) is 4.27. The number of hydrogen-bond donors (Lipinski definition) is 1. The van der Waals surface area contributed by atoms with Crippen LogP contribution in [0.1, 0.15) is 42.1 Å². The molecule has 0 saturated carbocycles. The van der Waals surface area contributed by atoms with Crippen molar-refractivity contribution in [3.05, 3.63) is 58.5 Å². The van der Waals surface area contributed by atoms with Gasteiger partial charge in [-0.2, -0.15) is 0 Å². The second-order valence-corrected chi connectivity index (χ2v) is 12.4. The monoisotopic (exact) mass is 337 g/mol. The summed E-state index contributed by atoms with van der Waals surface area (Å²) < 4.78 is 0. The number of amides is 1. The fourth-order valence-corrected chi connectivity index (χ4v) is 4.20. The topological polar surface area (TPSA) is 43.1 Å². The molecule has 0 aliphatic carbocycles. The number of hydrogen-bond acceptors (Lipinski definition) is 1. The molecule has 0 heterocycles. The highest BCUT2D eigenvalue weighted by molar-refractivity contribution is 6.83. The van der Waals surface area contributed by atoms with Crippen molar-refractivity contribution in [3.63, 3.8) is 0 Å². The Morgan fingerprint density at radius 1 is 1.17 bits per heavy atom. The summed E-state index contributed by atoms with van der Waals surface area (Å²) in [6.07, 6.45) is 5.40. The molecule has 126 valence electrons. The first-order valence-corrected chi connectivity index (χ1v) is 12.1. The zero-order chi connectivity index (χ0) is 17.7. The first kappa shape index (κ1) is 18.2. The van der Waals surface area contributed by atoms with Crippen LogP contribution in [0.3, 0.4) is 0 Å². The molecule has 0 fully saturated rings. The molecule has 1 amide bonds. The van der Waals surface area contributed by atoms with E-state index in [4.69, 9.17) is 5.73 Å². The van der Waals surface area contributed by atoms with Crippen LogP contribution in [0.5, 0.6) is 0 Å². The van der Waals surface area contributed by atoms with Crippen molar-refractivity contribution in [1.29, 1.82) is 0 Å². The standard InChI is InChI=1S/C21H27NOSi/c1-5-6-11-19(24(2,3)4)13-12-18-14-16-9-7-8-10-17(16)15-20(18)21(22)23/h7-10,12,14-15H,5-6,11H2,1-4H3,(H2,22,23). The van der Waals surface area contributed by atoms with E-state index in [2.05, 4.69) is 38.4 Å². The van der Waals surface area contributed by atoms with Crippen molar-refractivity contribution < 1.29 is 4.79 Å². The molecule has 2 nitrogen and oxygen atoms in total. The first-order valence-electron chi connectivity index (χ1n) is 8.61. The highest BCUT2D eigenvalue weighted by Crippen LogP contribution is 2.23. The van der Waals surface area contributed by atoms with Crippen LogP contribution in [0.25, 0.3) is 16.8 Å². The number of rotatable bonds is 6. The van der Waals surface area contributed by atoms with E-state index in [0.29, 0.717) is 5.56 Å². The molecule has 0 bridgehead atoms. The number of primary amides is 1. The van der Waals surface area contributed by atoms with Gasteiger partial charge in [0.05, 0.1) is 8.07 Å². The lowest BCUT2D eigenvalue weighted by Crippen LogP contribution is -2.23. The Hall–Kier alpha value is -2.09. The van der Waals surface area contributed by atoms with Crippen molar-refractivity contribution in [2.24, 2.45) is 5.73 Å². The van der Waals surface area contributed by atoms with E-state index < -0.39 is 14.0 Å². The maximum absolute atomic E-state index is 11.9. The van der Waals surface area contributed by atoms with Gasteiger partial charge in [-0.15, -0.1) is 5.73 Å². The van der Waals surface area contributed by atoms with Crippen LogP contribution in [0.15, 0.2) is 47.3 Å². The summed E-state index contributed by atoms with van der Waals surface area (Å²) in [7, 11) is -1.42. The molecule has 0 aliphatic rings. The minimum absolute atomic E-state index is 0.392. The average Bonchev–Trinajstić information content (AvgIpc) is 2.52. The van der Waals surface area contributed by atoms with E-state index in [1.807, 2.05) is 36.4 Å². The number of fused-ring (bicyclic) bond motifs is 1. The van der Waals surface area contributed by atoms with Crippen LogP contribution in [-0.4, -0.2) is 14.0 Å². The van der Waals surface area contributed by atoms with Crippen molar-refractivity contribution in [2.75, 3.05) is 0 Å². The lowest BCUT2D eigenvalue weighted by molar-refractivity contribution is 0.100. The Labute approximate surface area is 146 Å². The summed E-state index contributed by atoms with van der Waals surface area (Å²) in [6.45, 7) is 9.23. The molecule has 24 heavy (non-hydrogen) atoms. The predicted molar refractivity (Wildman–Crippen MR) is 107 cm³/mol. The Kier molecular flexibility index (Phi) is 5.82. The third kappa shape index (κ3) is 4.47. The van der Waals surface area contributed by atoms with Gasteiger partial charge in [0, 0.05) is 5.56 Å². The van der Waals surface area contributed by atoms with E-state index in [9.17, 15) is 4.79 Å². The molecule has 0 saturated heterocycles. The van der Waals surface area contributed by atoms with E-state index in [1.54, 1.807) is 0 Å². The average molecular weight is 338 g/mol. The van der Waals surface area contributed by atoms with E-state index >= 15 is 0 Å². The van der Waals surface area contributed by atoms with Gasteiger partial charge in [0.25, 0.3) is 0 Å². The van der Waals surface area contributed by atoms with E-state index in [0.717, 1.165) is 22.8 Å². The van der Waals surface area contributed by atoms with Crippen molar-refractivity contribution in [2.45, 2.75) is 45.8 Å². The molecule has 0 radical (unpaired) electrons. The number of benzene rings is 2. The molecule has 0 spiro atoms. The molecule has 0 unspecified atom stereocenters. The number of unbranched alkanes of at least 4 members (excludes halogenated alkanes) is 1. The fourth-order valence-electron chi connectivity index (χ4n) is 2.77. The van der Waals surface area contributed by atoms with Crippen LogP contribution in [0.4, 0.5) is 0 Å². The summed E-state index contributed by atoms with van der Waals surface area (Å²) in [5.74, 6) is -0.392. The lowest BCUT2D eigenvalue weighted by Gasteiger charge is -2.18. The van der Waals surface area contributed by atoms with Crippen molar-refractivity contribution >= 4 is 30.8 Å². The van der Waals surface area contributed by atoms with Crippen LogP contribution in [-0.2, 0) is 0 Å². The summed E-state index contributed by atoms with van der Waals surface area (Å²) >= 11 is 0. The number of nitrogens with two attached hydrogens (primary N) is 1. The lowest BCUT2D eigenvalue weighted by atomic mass is 10.0. The van der Waals surface area contributed by atoms with Crippen LogP contribution >= 0.6 is 0 Å². The number of carbonyl (C=O) groups is 1. The quantitative estimate of drug-likeness (QED) is 0.545. The van der Waals surface area contributed by atoms with Gasteiger partial charge in [-0.05, 0) is 52.6 Å². The highest BCUT2D eigenvalue weighted by Gasteiger charge is 2.18. The Morgan fingerprint density at radius 3 is 2.33 bits per heavy atom. The summed E-state index contributed by atoms with van der Waals surface area (Å²) in [6, 6.07) is 11.9. The number of allylic oxidation sites excluding steroid dienone is 1. The van der Waals surface area contributed by atoms with Gasteiger partial charge < -0.3 is 5.73 Å². The van der Waals surface area contributed by atoms with Gasteiger partial charge in [0.15, 0.2) is 0 Å². The summed E-state index contributed by atoms with van der Waals surface area (Å²) in [4.78, 5) is 11.9. The number of carbonyl (C=O) groups excluding carboxylic acids is 1. The summed E-state index contributed by atoms with van der Waals surface area (Å²) in [5, 5.41) is 3.55. The molecule has 0 atom stereocenters. The molecule has 3 heteroatoms. The maximum atomic E-state index is 11.9. The molecule has 0 aromatic heterocycles. The van der Waals surface area contributed by atoms with Crippen LogP contribution in [0, 0.1) is 0 Å². The summed E-state index contributed by atoms with van der Waals surface area (Å²) in [5.41, 5.74) is 10.5. The smallest absolute Gasteiger partial charge is 0.249 e. The van der Waals surface area contributed by atoms with Crippen LogP contribution in [0.2, 0.25) is 19.6 Å². The maximum Gasteiger partial charge on any atom is 0.249 e. The van der Waals surface area contributed by atoms with Crippen LogP contribution < -0.4 is 5.73 Å². The third-order valence-corrected chi connectivity index (χ3v) is 6.48. The van der Waals surface area contributed by atoms with Crippen molar-refractivity contribution in [1.82, 2.24) is 0 Å². The molecule has 2 aromatic rings. The molecule has 2 aromatic carbocycles. The van der Waals surface area contributed by atoms with E-state index in [-0.39, 0.29) is 0 Å². The zero-order valence-electron chi connectivity index (χ0n) is 15.1. The SMILES string of the molecule is CCCCC(=C=Cc1cc2ccccc2cc1C(N)=O)[Si](C)(C)C. The second kappa shape index (κ2) is 7.65. The van der Waals surface area contributed by atoms with Gasteiger partial charge in [0.2, 0.25) is 5.91 Å². The molecule has 2 rings (SSSR count). The molecular weight excluding hydrogens is 310 g/mol. The zero-order valence-corrected chi connectivity index (χ0v) is 16.1. The van der Waals surface area contributed by atoms with Gasteiger partial charge in [-0.25, -0.2) is 0 Å². The first-order chi connectivity index (χ1) is 11.3.